The Morgan fingerprint density at radius 3 is 2.11 bits per heavy atom. The molecular formula is C43H66O14. The second-order valence-corrected chi connectivity index (χ2v) is 20.8. The molecular weight excluding hydrogens is 740 g/mol. The summed E-state index contributed by atoms with van der Waals surface area (Å²) in [6.07, 6.45) is -4.45. The Kier molecular flexibility index (Phi) is 10.9. The Bertz CT molecular complexity index is 1630. The summed E-state index contributed by atoms with van der Waals surface area (Å²) < 4.78 is 29.2. The molecule has 7 aliphatic rings. The van der Waals surface area contributed by atoms with Crippen molar-refractivity contribution < 1.29 is 68.7 Å². The number of esters is 1. The van der Waals surface area contributed by atoms with Crippen molar-refractivity contribution in [3.05, 3.63) is 11.6 Å². The van der Waals surface area contributed by atoms with Gasteiger partial charge >= 0.3 is 17.9 Å². The zero-order chi connectivity index (χ0) is 41.8. The monoisotopic (exact) mass is 806 g/mol. The van der Waals surface area contributed by atoms with Crippen molar-refractivity contribution >= 4 is 17.9 Å². The van der Waals surface area contributed by atoms with Crippen LogP contribution >= 0.6 is 0 Å². The summed E-state index contributed by atoms with van der Waals surface area (Å²) >= 11 is 0. The first-order valence-corrected chi connectivity index (χ1v) is 21.1. The maximum atomic E-state index is 13.1. The van der Waals surface area contributed by atoms with Crippen LogP contribution in [-0.2, 0) is 38.1 Å². The minimum Gasteiger partial charge on any atom is -0.481 e. The third-order valence-electron chi connectivity index (χ3n) is 17.1. The molecule has 17 unspecified atom stereocenters. The van der Waals surface area contributed by atoms with Crippen LogP contribution in [0.5, 0.6) is 0 Å². The molecule has 14 heteroatoms. The first kappa shape index (κ1) is 42.9. The van der Waals surface area contributed by atoms with Gasteiger partial charge in [-0.05, 0) is 109 Å². The third kappa shape index (κ3) is 6.62. The molecule has 322 valence electrons. The van der Waals surface area contributed by atoms with Crippen LogP contribution in [0.2, 0.25) is 0 Å². The predicted molar refractivity (Wildman–Crippen MR) is 202 cm³/mol. The summed E-state index contributed by atoms with van der Waals surface area (Å²) in [6, 6.07) is 0. The van der Waals surface area contributed by atoms with Crippen LogP contribution in [0, 0.1) is 50.2 Å². The van der Waals surface area contributed by atoms with Crippen LogP contribution < -0.4 is 0 Å². The average molecular weight is 807 g/mol. The average Bonchev–Trinajstić information content (AvgIpc) is 3.11. The quantitative estimate of drug-likeness (QED) is 0.121. The Hall–Kier alpha value is -2.17. The van der Waals surface area contributed by atoms with Crippen molar-refractivity contribution in [3.63, 3.8) is 0 Å². The molecule has 17 atom stereocenters. The lowest BCUT2D eigenvalue weighted by atomic mass is 9.33. The lowest BCUT2D eigenvalue weighted by Gasteiger charge is -2.71. The van der Waals surface area contributed by atoms with Gasteiger partial charge in [0.25, 0.3) is 0 Å². The summed E-state index contributed by atoms with van der Waals surface area (Å²) in [7, 11) is 0. The van der Waals surface area contributed by atoms with Gasteiger partial charge in [-0.15, -0.1) is 0 Å². The molecule has 0 amide bonds. The normalized spacial score (nSPS) is 50.2. The zero-order valence-electron chi connectivity index (χ0n) is 34.8. The maximum Gasteiger partial charge on any atom is 0.335 e. The molecule has 6 fully saturated rings. The SMILES string of the molecule is CC(=O)OC1COC(OC2C(OC3CCC4(C)C(CCC5(C)C4CC=C4C6CC(C)(C)CCC6(C(=O)O)CCC45C)C3(C)C)OC(C(=O)O)C(O)C2O)C(O)C1O. The molecule has 0 aromatic rings. The van der Waals surface area contributed by atoms with Crippen molar-refractivity contribution in [2.75, 3.05) is 6.61 Å². The first-order chi connectivity index (χ1) is 26.4. The van der Waals surface area contributed by atoms with Crippen molar-refractivity contribution in [3.8, 4) is 0 Å². The lowest BCUT2D eigenvalue weighted by Crippen LogP contribution is -2.67. The van der Waals surface area contributed by atoms with E-state index in [-0.39, 0.29) is 40.1 Å². The van der Waals surface area contributed by atoms with Crippen molar-refractivity contribution in [1.29, 1.82) is 0 Å². The summed E-state index contributed by atoms with van der Waals surface area (Å²) in [5.41, 5.74) is -0.0296. The highest BCUT2D eigenvalue weighted by Crippen LogP contribution is 2.76. The Morgan fingerprint density at radius 2 is 1.46 bits per heavy atom. The van der Waals surface area contributed by atoms with Crippen LogP contribution in [0.3, 0.4) is 0 Å². The number of carbonyl (C=O) groups is 3. The van der Waals surface area contributed by atoms with E-state index in [2.05, 4.69) is 54.5 Å². The number of hydrogen-bond acceptors (Lipinski definition) is 12. The molecule has 4 saturated carbocycles. The summed E-state index contributed by atoms with van der Waals surface area (Å²) in [6.45, 7) is 17.0. The van der Waals surface area contributed by atoms with Gasteiger partial charge in [-0.3, -0.25) is 9.59 Å². The van der Waals surface area contributed by atoms with Gasteiger partial charge in [0.15, 0.2) is 24.8 Å². The topological polar surface area (TPSA) is 219 Å². The largest absolute Gasteiger partial charge is 0.481 e. The molecule has 2 aliphatic heterocycles. The van der Waals surface area contributed by atoms with Gasteiger partial charge in [0, 0.05) is 6.92 Å². The van der Waals surface area contributed by atoms with Gasteiger partial charge in [-0.2, -0.15) is 0 Å². The number of rotatable bonds is 7. The van der Waals surface area contributed by atoms with E-state index in [0.29, 0.717) is 18.8 Å². The number of ether oxygens (including phenoxy) is 5. The van der Waals surface area contributed by atoms with Crippen LogP contribution in [-0.4, -0.2) is 117 Å². The number of allylic oxidation sites excluding steroid dienone is 2. The van der Waals surface area contributed by atoms with Gasteiger partial charge in [0.05, 0.1) is 18.1 Å². The molecule has 6 N–H and O–H groups in total. The van der Waals surface area contributed by atoms with Crippen LogP contribution in [0.4, 0.5) is 0 Å². The van der Waals surface area contributed by atoms with Crippen LogP contribution in [0.1, 0.15) is 120 Å². The van der Waals surface area contributed by atoms with Crippen molar-refractivity contribution in [2.45, 2.75) is 181 Å². The standard InChI is InChI=1S/C43H66O14/c1-21(44)54-24-20-53-35(31(48)28(24)45)57-33-30(47)29(46)32(34(49)50)56-36(33)55-27-12-13-40(6)25(39(27,4)5)11-14-42(8)26(40)10-9-22-23-19-38(2,3)15-17-43(23,37(51)52)18-16-41(22,42)7/h9,23-33,35-36,45-48H,10-20H2,1-8H3,(H,49,50)(H,51,52). The van der Waals surface area contributed by atoms with E-state index in [9.17, 15) is 45.0 Å². The number of carbonyl (C=O) groups excluding carboxylic acids is 1. The van der Waals surface area contributed by atoms with E-state index in [1.54, 1.807) is 0 Å². The Balaban J connectivity index is 1.14. The molecule has 0 radical (unpaired) electrons. The van der Waals surface area contributed by atoms with Crippen LogP contribution in [0.15, 0.2) is 11.6 Å². The summed E-state index contributed by atoms with van der Waals surface area (Å²) in [5.74, 6) is -2.29. The highest BCUT2D eigenvalue weighted by atomic mass is 16.8. The van der Waals surface area contributed by atoms with E-state index in [1.165, 1.54) is 5.57 Å². The Labute approximate surface area is 335 Å². The van der Waals surface area contributed by atoms with Gasteiger partial charge in [0.2, 0.25) is 0 Å². The fourth-order valence-corrected chi connectivity index (χ4v) is 13.7. The van der Waals surface area contributed by atoms with Crippen molar-refractivity contribution in [2.24, 2.45) is 50.2 Å². The number of hydrogen-bond donors (Lipinski definition) is 6. The molecule has 5 aliphatic carbocycles. The van der Waals surface area contributed by atoms with Gasteiger partial charge < -0.3 is 54.3 Å². The molecule has 7 rings (SSSR count). The number of aliphatic hydroxyl groups excluding tert-OH is 4. The van der Waals surface area contributed by atoms with Gasteiger partial charge in [0.1, 0.15) is 30.5 Å². The predicted octanol–water partition coefficient (Wildman–Crippen LogP) is 4.18. The highest BCUT2D eigenvalue weighted by molar-refractivity contribution is 5.76. The molecule has 0 aromatic carbocycles. The second kappa shape index (κ2) is 14.5. The molecule has 14 nitrogen and oxygen atoms in total. The second-order valence-electron chi connectivity index (χ2n) is 20.8. The third-order valence-corrected chi connectivity index (χ3v) is 17.1. The first-order valence-electron chi connectivity index (χ1n) is 21.1. The van der Waals surface area contributed by atoms with Gasteiger partial charge in [-0.25, -0.2) is 4.79 Å². The van der Waals surface area contributed by atoms with E-state index in [1.807, 2.05) is 0 Å². The molecule has 57 heavy (non-hydrogen) atoms. The van der Waals surface area contributed by atoms with Gasteiger partial charge in [-0.1, -0.05) is 60.1 Å². The Morgan fingerprint density at radius 1 is 0.772 bits per heavy atom. The smallest absolute Gasteiger partial charge is 0.335 e. The minimum atomic E-state index is -1.91. The van der Waals surface area contributed by atoms with E-state index >= 15 is 0 Å². The number of carboxylic acid groups (broad SMARTS) is 2. The molecule has 0 bridgehead atoms. The van der Waals surface area contributed by atoms with Crippen LogP contribution in [0.25, 0.3) is 0 Å². The highest BCUT2D eigenvalue weighted by Gasteiger charge is 2.70. The lowest BCUT2D eigenvalue weighted by molar-refractivity contribution is -0.366. The molecule has 0 aromatic heterocycles. The van der Waals surface area contributed by atoms with E-state index in [0.717, 1.165) is 58.3 Å². The van der Waals surface area contributed by atoms with E-state index in [4.69, 9.17) is 23.7 Å². The molecule has 2 heterocycles. The number of aliphatic carboxylic acids is 2. The number of fused-ring (bicyclic) bond motifs is 7. The van der Waals surface area contributed by atoms with Crippen molar-refractivity contribution in [1.82, 2.24) is 0 Å². The summed E-state index contributed by atoms with van der Waals surface area (Å²) in [5, 5.41) is 64.3. The van der Waals surface area contributed by atoms with E-state index < -0.39 is 90.1 Å². The zero-order valence-corrected chi connectivity index (χ0v) is 34.8. The number of aliphatic hydroxyl groups is 4. The fourth-order valence-electron chi connectivity index (χ4n) is 13.7. The molecule has 2 saturated heterocycles. The minimum absolute atomic E-state index is 0.0224. The molecule has 0 spiro atoms. The maximum absolute atomic E-state index is 13.1. The fraction of sp³-hybridized carbons (Fsp3) is 0.884. The number of carboxylic acids is 2. The summed E-state index contributed by atoms with van der Waals surface area (Å²) in [4.78, 5) is 36.8.